The zero-order valence-corrected chi connectivity index (χ0v) is 22.8. The van der Waals surface area contributed by atoms with Crippen LogP contribution >= 0.6 is 0 Å². The van der Waals surface area contributed by atoms with Crippen LogP contribution in [-0.2, 0) is 0 Å². The van der Waals surface area contributed by atoms with E-state index in [1.165, 1.54) is 12.8 Å². The second-order valence-electron chi connectivity index (χ2n) is 10.9. The van der Waals surface area contributed by atoms with Gasteiger partial charge in [0, 0.05) is 61.3 Å². The number of fused-ring (bicyclic) bond motifs is 1. The predicted octanol–water partition coefficient (Wildman–Crippen LogP) is 5.04. The van der Waals surface area contributed by atoms with Gasteiger partial charge in [0.15, 0.2) is 11.3 Å². The number of benzene rings is 1. The number of aromatic carboxylic acids is 1. The lowest BCUT2D eigenvalue weighted by Gasteiger charge is -2.29. The Morgan fingerprint density at radius 2 is 1.73 bits per heavy atom. The first-order valence-electron chi connectivity index (χ1n) is 13.9. The minimum atomic E-state index is -1.11. The van der Waals surface area contributed by atoms with Crippen LogP contribution in [0.2, 0.25) is 0 Å². The molecule has 1 N–H and O–H groups in total. The molecule has 0 atom stereocenters. The van der Waals surface area contributed by atoms with Crippen molar-refractivity contribution in [3.8, 4) is 22.9 Å². The van der Waals surface area contributed by atoms with Crippen LogP contribution in [0.3, 0.4) is 0 Å². The summed E-state index contributed by atoms with van der Waals surface area (Å²) in [4.78, 5) is 30.5. The minimum Gasteiger partial charge on any atom is -0.477 e. The first-order chi connectivity index (χ1) is 19.4. The molecule has 10 heteroatoms. The molecule has 6 rings (SSSR count). The van der Waals surface area contributed by atoms with Gasteiger partial charge in [-0.3, -0.25) is 0 Å². The van der Waals surface area contributed by atoms with Gasteiger partial charge < -0.3 is 14.9 Å². The molecule has 2 saturated heterocycles. The Balaban J connectivity index is 1.46. The summed E-state index contributed by atoms with van der Waals surface area (Å²) in [7, 11) is 0. The molecule has 0 unspecified atom stereocenters. The predicted molar refractivity (Wildman–Crippen MR) is 153 cm³/mol. The molecule has 10 nitrogen and oxygen atoms in total. The largest absolute Gasteiger partial charge is 0.477 e. The van der Waals surface area contributed by atoms with Gasteiger partial charge in [0.25, 0.3) is 0 Å². The fourth-order valence-electron chi connectivity index (χ4n) is 5.69. The summed E-state index contributed by atoms with van der Waals surface area (Å²) >= 11 is 0. The van der Waals surface area contributed by atoms with E-state index in [4.69, 9.17) is 5.10 Å². The molecule has 40 heavy (non-hydrogen) atoms. The number of carboxylic acid groups (broad SMARTS) is 1. The van der Waals surface area contributed by atoms with Gasteiger partial charge in [-0.05, 0) is 55.9 Å². The molecule has 0 radical (unpaired) electrons. The second kappa shape index (κ2) is 10.6. The molecule has 1 aromatic carbocycles. The molecule has 4 aromatic rings. The lowest BCUT2D eigenvalue weighted by Crippen LogP contribution is -2.34. The topological polar surface area (TPSA) is 124 Å². The molecule has 0 amide bonds. The van der Waals surface area contributed by atoms with Crippen molar-refractivity contribution in [2.24, 2.45) is 5.92 Å². The van der Waals surface area contributed by atoms with E-state index in [1.807, 2.05) is 12.1 Å². The lowest BCUT2D eigenvalue weighted by atomic mass is 9.98. The average molecular weight is 537 g/mol. The molecule has 3 aromatic heterocycles. The Labute approximate surface area is 232 Å². The normalized spacial score (nSPS) is 16.1. The number of piperidine rings is 1. The van der Waals surface area contributed by atoms with Gasteiger partial charge in [-0.15, -0.1) is 0 Å². The van der Waals surface area contributed by atoms with Crippen molar-refractivity contribution in [2.75, 3.05) is 36.0 Å². The summed E-state index contributed by atoms with van der Waals surface area (Å²) in [6, 6.07) is 12.2. The number of pyridine rings is 1. The number of nitriles is 1. The average Bonchev–Trinajstić information content (AvgIpc) is 3.66. The Morgan fingerprint density at radius 3 is 2.38 bits per heavy atom. The maximum absolute atomic E-state index is 12.2. The van der Waals surface area contributed by atoms with Crippen molar-refractivity contribution in [3.05, 3.63) is 54.1 Å². The summed E-state index contributed by atoms with van der Waals surface area (Å²) in [5.74, 6) is -0.339. The lowest BCUT2D eigenvalue weighted by molar-refractivity contribution is 0.0691. The monoisotopic (exact) mass is 536 g/mol. The van der Waals surface area contributed by atoms with E-state index in [1.54, 1.807) is 23.1 Å². The van der Waals surface area contributed by atoms with E-state index in [9.17, 15) is 15.2 Å². The molecule has 0 saturated carbocycles. The van der Waals surface area contributed by atoms with Gasteiger partial charge in [0.05, 0.1) is 22.8 Å². The molecule has 0 aliphatic carbocycles. The van der Waals surface area contributed by atoms with Crippen molar-refractivity contribution in [1.29, 1.82) is 5.26 Å². The number of nitrogens with zero attached hydrogens (tertiary/aromatic N) is 8. The summed E-state index contributed by atoms with van der Waals surface area (Å²) in [6.45, 7) is 7.68. The molecule has 204 valence electrons. The Morgan fingerprint density at radius 1 is 1.02 bits per heavy atom. The fraction of sp³-hybridized carbons (Fsp3) is 0.400. The number of rotatable bonds is 6. The van der Waals surface area contributed by atoms with Gasteiger partial charge in [-0.1, -0.05) is 19.9 Å². The quantitative estimate of drug-likeness (QED) is 0.361. The summed E-state index contributed by atoms with van der Waals surface area (Å²) in [5, 5.41) is 25.0. The molecule has 0 spiro atoms. The Hall–Kier alpha value is -4.52. The first-order valence-corrected chi connectivity index (χ1v) is 13.9. The van der Waals surface area contributed by atoms with E-state index in [0.717, 1.165) is 61.5 Å². The van der Waals surface area contributed by atoms with Crippen LogP contribution in [0.1, 0.15) is 61.6 Å². The summed E-state index contributed by atoms with van der Waals surface area (Å²) < 4.78 is 1.77. The van der Waals surface area contributed by atoms with Gasteiger partial charge in [-0.2, -0.15) is 10.4 Å². The maximum Gasteiger partial charge on any atom is 0.354 e. The van der Waals surface area contributed by atoms with Gasteiger partial charge in [0.2, 0.25) is 5.95 Å². The van der Waals surface area contributed by atoms with Crippen LogP contribution in [0.4, 0.5) is 11.6 Å². The van der Waals surface area contributed by atoms with E-state index in [0.29, 0.717) is 22.7 Å². The van der Waals surface area contributed by atoms with Crippen molar-refractivity contribution >= 4 is 28.6 Å². The zero-order valence-electron chi connectivity index (χ0n) is 22.8. The third kappa shape index (κ3) is 4.72. The number of anilines is 2. The van der Waals surface area contributed by atoms with Crippen LogP contribution in [0, 0.1) is 17.2 Å². The van der Waals surface area contributed by atoms with Crippen LogP contribution in [0.15, 0.2) is 42.7 Å². The standard InChI is InChI=1S/C30H32N8O2/c1-19(2)27-26-24(21-17-32-30(33-18-21)37-12-8-20(16-31)9-13-37)15-25(29(39)40)34-28(26)38(35-27)23-7-5-6-22(14-23)36-10-3-4-11-36/h5-7,14-15,17-20H,3-4,8-13H2,1-2H3,(H,39,40). The number of hydrogen-bond acceptors (Lipinski definition) is 8. The summed E-state index contributed by atoms with van der Waals surface area (Å²) in [6.07, 6.45) is 7.44. The van der Waals surface area contributed by atoms with Crippen molar-refractivity contribution in [1.82, 2.24) is 24.7 Å². The Bertz CT molecular complexity index is 1590. The highest BCUT2D eigenvalue weighted by molar-refractivity contribution is 6.00. The highest BCUT2D eigenvalue weighted by Gasteiger charge is 2.25. The molecule has 2 fully saturated rings. The fourth-order valence-corrected chi connectivity index (χ4v) is 5.69. The van der Waals surface area contributed by atoms with Crippen molar-refractivity contribution in [2.45, 2.75) is 45.4 Å². The maximum atomic E-state index is 12.2. The van der Waals surface area contributed by atoms with Gasteiger partial charge >= 0.3 is 5.97 Å². The van der Waals surface area contributed by atoms with Gasteiger partial charge in [-0.25, -0.2) is 24.4 Å². The van der Waals surface area contributed by atoms with Crippen LogP contribution < -0.4 is 9.80 Å². The van der Waals surface area contributed by atoms with Crippen molar-refractivity contribution < 1.29 is 9.90 Å². The van der Waals surface area contributed by atoms with E-state index in [-0.39, 0.29) is 17.5 Å². The van der Waals surface area contributed by atoms with Crippen molar-refractivity contribution in [3.63, 3.8) is 0 Å². The molecular formula is C30H32N8O2. The number of carbonyl (C=O) groups is 1. The van der Waals surface area contributed by atoms with Crippen LogP contribution in [0.25, 0.3) is 27.8 Å². The Kier molecular flexibility index (Phi) is 6.80. The highest BCUT2D eigenvalue weighted by Crippen LogP contribution is 2.36. The number of hydrogen-bond donors (Lipinski definition) is 1. The summed E-state index contributed by atoms with van der Waals surface area (Å²) in [5.41, 5.74) is 4.65. The molecule has 2 aliphatic heterocycles. The van der Waals surface area contributed by atoms with Crippen LogP contribution in [-0.4, -0.2) is 62.0 Å². The molecule has 5 heterocycles. The van der Waals surface area contributed by atoms with E-state index >= 15 is 0 Å². The van der Waals surface area contributed by atoms with E-state index in [2.05, 4.69) is 56.8 Å². The number of carboxylic acids is 1. The smallest absolute Gasteiger partial charge is 0.354 e. The molecule has 2 aliphatic rings. The third-order valence-corrected chi connectivity index (χ3v) is 7.89. The van der Waals surface area contributed by atoms with E-state index < -0.39 is 5.97 Å². The van der Waals surface area contributed by atoms with Gasteiger partial charge in [0.1, 0.15) is 0 Å². The second-order valence-corrected chi connectivity index (χ2v) is 10.9. The zero-order chi connectivity index (χ0) is 27.8. The molecular weight excluding hydrogens is 504 g/mol. The third-order valence-electron chi connectivity index (χ3n) is 7.89. The first kappa shape index (κ1) is 25.7. The number of aromatic nitrogens is 5. The SMILES string of the molecule is CC(C)c1nn(-c2cccc(N3CCCC3)c2)c2nc(C(=O)O)cc(-c3cnc(N4CCC(C#N)CC4)nc3)c12. The van der Waals surface area contributed by atoms with Crippen LogP contribution in [0.5, 0.6) is 0 Å². The molecule has 0 bridgehead atoms. The minimum absolute atomic E-state index is 0.0581. The highest BCUT2D eigenvalue weighted by atomic mass is 16.4.